The van der Waals surface area contributed by atoms with E-state index in [0.717, 1.165) is 24.2 Å². The smallest absolute Gasteiger partial charge is 0.230 e. The van der Waals surface area contributed by atoms with Crippen LogP contribution in [0.25, 0.3) is 0 Å². The molecule has 5 nitrogen and oxygen atoms in total. The number of fused-ring (bicyclic) bond motifs is 5. The van der Waals surface area contributed by atoms with Gasteiger partial charge in [0.05, 0.1) is 17.1 Å². The first-order valence-electron chi connectivity index (χ1n) is 9.59. The van der Waals surface area contributed by atoms with Crippen LogP contribution >= 0.6 is 11.8 Å². The summed E-state index contributed by atoms with van der Waals surface area (Å²) in [5.41, 5.74) is 2.50. The first-order chi connectivity index (χ1) is 11.9. The summed E-state index contributed by atoms with van der Waals surface area (Å²) in [6.45, 7) is 6.98. The van der Waals surface area contributed by atoms with Crippen molar-refractivity contribution in [3.8, 4) is 0 Å². The molecule has 25 heavy (non-hydrogen) atoms. The molecule has 0 aromatic carbocycles. The van der Waals surface area contributed by atoms with Gasteiger partial charge in [0, 0.05) is 17.4 Å². The molecule has 3 aliphatic rings. The van der Waals surface area contributed by atoms with Gasteiger partial charge in [-0.2, -0.15) is 5.10 Å². The van der Waals surface area contributed by atoms with Gasteiger partial charge in [-0.3, -0.25) is 4.79 Å². The van der Waals surface area contributed by atoms with Crippen LogP contribution in [0.15, 0.2) is 5.16 Å². The van der Waals surface area contributed by atoms with E-state index >= 15 is 0 Å². The number of thioether (sulfide) groups is 1. The van der Waals surface area contributed by atoms with Crippen LogP contribution in [0.1, 0.15) is 83.0 Å². The second-order valence-electron chi connectivity index (χ2n) is 8.66. The standard InChI is InChI=1S/C19H28N4OS/c1-18(2)13-9-10-19(18,3)16-15(13)22-23-17(21-16)25-11-14(24)20-12-7-5-4-6-8-12/h12-13H,4-11H2,1-3H3,(H,20,24)/t13-,19-/m0/s1. The second kappa shape index (κ2) is 6.22. The highest BCUT2D eigenvalue weighted by molar-refractivity contribution is 7.99. The third kappa shape index (κ3) is 2.77. The van der Waals surface area contributed by atoms with Crippen LogP contribution in [0, 0.1) is 5.41 Å². The van der Waals surface area contributed by atoms with Crippen LogP contribution in [-0.4, -0.2) is 32.9 Å². The first kappa shape index (κ1) is 17.3. The summed E-state index contributed by atoms with van der Waals surface area (Å²) in [5.74, 6) is 0.941. The maximum Gasteiger partial charge on any atom is 0.230 e. The zero-order valence-corrected chi connectivity index (χ0v) is 16.3. The highest BCUT2D eigenvalue weighted by atomic mass is 32.2. The molecule has 0 aliphatic heterocycles. The highest BCUT2D eigenvalue weighted by Crippen LogP contribution is 2.66. The quantitative estimate of drug-likeness (QED) is 0.831. The molecular weight excluding hydrogens is 332 g/mol. The highest BCUT2D eigenvalue weighted by Gasteiger charge is 2.61. The molecule has 0 saturated heterocycles. The van der Waals surface area contributed by atoms with Gasteiger partial charge in [0.15, 0.2) is 0 Å². The molecule has 2 fully saturated rings. The number of hydrogen-bond acceptors (Lipinski definition) is 5. The van der Waals surface area contributed by atoms with E-state index in [9.17, 15) is 4.79 Å². The predicted octanol–water partition coefficient (Wildman–Crippen LogP) is 3.59. The summed E-state index contributed by atoms with van der Waals surface area (Å²) in [7, 11) is 0. The van der Waals surface area contributed by atoms with Crippen molar-refractivity contribution in [2.24, 2.45) is 5.41 Å². The number of amides is 1. The van der Waals surface area contributed by atoms with E-state index in [4.69, 9.17) is 4.98 Å². The van der Waals surface area contributed by atoms with Gasteiger partial charge in [0.25, 0.3) is 0 Å². The average Bonchev–Trinajstić information content (AvgIpc) is 2.93. The number of nitrogens with zero attached hydrogens (tertiary/aromatic N) is 3. The molecular formula is C19H28N4OS. The fourth-order valence-corrected chi connectivity index (χ4v) is 5.67. The SMILES string of the molecule is CC1(C)[C@H]2CC[C@@]1(C)c1nc(SCC(=O)NC3CCCCC3)nnc12. The van der Waals surface area contributed by atoms with Gasteiger partial charge in [-0.25, -0.2) is 4.98 Å². The summed E-state index contributed by atoms with van der Waals surface area (Å²) < 4.78 is 0. The Bertz CT molecular complexity index is 686. The average molecular weight is 361 g/mol. The Labute approximate surface area is 154 Å². The number of hydrogen-bond donors (Lipinski definition) is 1. The Balaban J connectivity index is 1.41. The van der Waals surface area contributed by atoms with E-state index in [0.29, 0.717) is 22.9 Å². The number of aromatic nitrogens is 3. The second-order valence-corrected chi connectivity index (χ2v) is 9.61. The van der Waals surface area contributed by atoms with E-state index < -0.39 is 0 Å². The number of nitrogens with one attached hydrogen (secondary N) is 1. The van der Waals surface area contributed by atoms with Crippen LogP contribution in [0.2, 0.25) is 0 Å². The predicted molar refractivity (Wildman–Crippen MR) is 98.7 cm³/mol. The van der Waals surface area contributed by atoms with Gasteiger partial charge in [-0.1, -0.05) is 51.8 Å². The zero-order chi connectivity index (χ0) is 17.7. The molecule has 0 spiro atoms. The lowest BCUT2D eigenvalue weighted by Gasteiger charge is -2.33. The van der Waals surface area contributed by atoms with Crippen LogP contribution < -0.4 is 5.32 Å². The van der Waals surface area contributed by atoms with E-state index in [1.54, 1.807) is 0 Å². The fourth-order valence-electron chi connectivity index (χ4n) is 5.07. The van der Waals surface area contributed by atoms with Gasteiger partial charge in [-0.15, -0.1) is 5.10 Å². The molecule has 1 aromatic heterocycles. The van der Waals surface area contributed by atoms with Gasteiger partial charge < -0.3 is 5.32 Å². The summed E-state index contributed by atoms with van der Waals surface area (Å²) in [6.07, 6.45) is 8.33. The van der Waals surface area contributed by atoms with E-state index in [2.05, 4.69) is 36.3 Å². The zero-order valence-electron chi connectivity index (χ0n) is 15.5. The van der Waals surface area contributed by atoms with Crippen molar-refractivity contribution in [3.05, 3.63) is 11.4 Å². The molecule has 2 atom stereocenters. The fraction of sp³-hybridized carbons (Fsp3) is 0.789. The maximum atomic E-state index is 12.2. The Kier molecular flexibility index (Phi) is 4.29. The molecule has 1 N–H and O–H groups in total. The van der Waals surface area contributed by atoms with Crippen molar-refractivity contribution in [1.29, 1.82) is 0 Å². The Morgan fingerprint density at radius 2 is 1.92 bits per heavy atom. The molecule has 136 valence electrons. The molecule has 0 radical (unpaired) electrons. The van der Waals surface area contributed by atoms with Gasteiger partial charge in [0.1, 0.15) is 0 Å². The number of carbonyl (C=O) groups is 1. The monoisotopic (exact) mass is 360 g/mol. The van der Waals surface area contributed by atoms with Crippen molar-refractivity contribution in [2.45, 2.75) is 88.2 Å². The molecule has 6 heteroatoms. The largest absolute Gasteiger partial charge is 0.353 e. The summed E-state index contributed by atoms with van der Waals surface area (Å²) in [6, 6.07) is 0.358. The molecule has 0 unspecified atom stereocenters. The van der Waals surface area contributed by atoms with Gasteiger partial charge >= 0.3 is 0 Å². The molecule has 4 rings (SSSR count). The third-order valence-corrected chi connectivity index (χ3v) is 7.91. The van der Waals surface area contributed by atoms with Crippen LogP contribution in [0.4, 0.5) is 0 Å². The van der Waals surface area contributed by atoms with Gasteiger partial charge in [-0.05, 0) is 31.1 Å². The lowest BCUT2D eigenvalue weighted by Crippen LogP contribution is -2.37. The van der Waals surface area contributed by atoms with Crippen molar-refractivity contribution in [2.75, 3.05) is 5.75 Å². The molecule has 2 saturated carbocycles. The summed E-state index contributed by atoms with van der Waals surface area (Å²) in [5, 5.41) is 12.6. The Morgan fingerprint density at radius 1 is 1.16 bits per heavy atom. The van der Waals surface area contributed by atoms with E-state index in [-0.39, 0.29) is 16.7 Å². The Hall–Kier alpha value is -1.17. The third-order valence-electron chi connectivity index (χ3n) is 7.08. The molecule has 1 aromatic rings. The van der Waals surface area contributed by atoms with Crippen LogP contribution in [0.3, 0.4) is 0 Å². The summed E-state index contributed by atoms with van der Waals surface area (Å²) >= 11 is 1.41. The van der Waals surface area contributed by atoms with Gasteiger partial charge in [0.2, 0.25) is 11.1 Å². The van der Waals surface area contributed by atoms with Crippen LogP contribution in [-0.2, 0) is 10.2 Å². The minimum Gasteiger partial charge on any atom is -0.353 e. The number of rotatable bonds is 4. The molecule has 2 bridgehead atoms. The topological polar surface area (TPSA) is 67.8 Å². The lowest BCUT2D eigenvalue weighted by molar-refractivity contribution is -0.119. The Morgan fingerprint density at radius 3 is 2.68 bits per heavy atom. The number of carbonyl (C=O) groups excluding carboxylic acids is 1. The normalized spacial score (nSPS) is 30.3. The maximum absolute atomic E-state index is 12.2. The van der Waals surface area contributed by atoms with Crippen molar-refractivity contribution < 1.29 is 4.79 Å². The first-order valence-corrected chi connectivity index (χ1v) is 10.6. The molecule has 1 amide bonds. The summed E-state index contributed by atoms with van der Waals surface area (Å²) in [4.78, 5) is 17.0. The van der Waals surface area contributed by atoms with Crippen molar-refractivity contribution in [1.82, 2.24) is 20.5 Å². The van der Waals surface area contributed by atoms with E-state index in [1.807, 2.05) is 0 Å². The minimum absolute atomic E-state index is 0.0859. The minimum atomic E-state index is 0.0859. The van der Waals surface area contributed by atoms with E-state index in [1.165, 1.54) is 43.9 Å². The van der Waals surface area contributed by atoms with Crippen molar-refractivity contribution >= 4 is 17.7 Å². The van der Waals surface area contributed by atoms with Crippen LogP contribution in [0.5, 0.6) is 0 Å². The lowest BCUT2D eigenvalue weighted by atomic mass is 9.70. The molecule has 3 aliphatic carbocycles. The molecule has 1 heterocycles. The van der Waals surface area contributed by atoms with Crippen molar-refractivity contribution in [3.63, 3.8) is 0 Å².